The first-order valence-corrected chi connectivity index (χ1v) is 8.17. The highest BCUT2D eigenvalue weighted by atomic mass is 79.9. The van der Waals surface area contributed by atoms with E-state index in [1.807, 2.05) is 19.2 Å². The number of carbonyl (C=O) groups is 1. The Labute approximate surface area is 141 Å². The summed E-state index contributed by atoms with van der Waals surface area (Å²) in [6.45, 7) is 1.49. The molecule has 0 aliphatic heterocycles. The number of likely N-dealkylation sites (N-methyl/N-ethyl adjacent to an activating group) is 1. The van der Waals surface area contributed by atoms with Gasteiger partial charge in [-0.2, -0.15) is 0 Å². The van der Waals surface area contributed by atoms with Crippen LogP contribution in [0, 0.1) is 0 Å². The van der Waals surface area contributed by atoms with Crippen LogP contribution in [0.3, 0.4) is 0 Å². The largest absolute Gasteiger partial charge is 0.354 e. The van der Waals surface area contributed by atoms with Crippen LogP contribution in [-0.4, -0.2) is 26.0 Å². The molecule has 21 heavy (non-hydrogen) atoms. The molecule has 1 amide bonds. The van der Waals surface area contributed by atoms with E-state index in [-0.39, 0.29) is 23.7 Å². The molecule has 1 fully saturated rings. The Bertz CT molecular complexity index is 461. The number of carbonyl (C=O) groups excluding carboxylic acids is 1. The number of hydrogen-bond acceptors (Lipinski definition) is 2. The van der Waals surface area contributed by atoms with Crippen LogP contribution in [0.1, 0.15) is 37.7 Å². The summed E-state index contributed by atoms with van der Waals surface area (Å²) in [5, 5.41) is 6.16. The first kappa shape index (κ1) is 18.5. The van der Waals surface area contributed by atoms with E-state index in [0.29, 0.717) is 6.54 Å². The normalized spacial score (nSPS) is 16.9. The summed E-state index contributed by atoms with van der Waals surface area (Å²) in [7, 11) is 1.90. The van der Waals surface area contributed by atoms with E-state index in [9.17, 15) is 4.79 Å². The first-order chi connectivity index (χ1) is 9.69. The topological polar surface area (TPSA) is 41.1 Å². The molecule has 2 rings (SSSR count). The SMILES string of the molecule is CNCCNC(=O)C1(c2cccc(Br)c2)CCCCC1.Cl. The molecule has 0 unspecified atom stereocenters. The van der Waals surface area contributed by atoms with Gasteiger partial charge in [0.2, 0.25) is 5.91 Å². The van der Waals surface area contributed by atoms with Crippen LogP contribution in [-0.2, 0) is 10.2 Å². The van der Waals surface area contributed by atoms with Crippen molar-refractivity contribution in [2.45, 2.75) is 37.5 Å². The molecular formula is C16H24BrClN2O. The van der Waals surface area contributed by atoms with E-state index in [4.69, 9.17) is 0 Å². The van der Waals surface area contributed by atoms with Gasteiger partial charge in [0, 0.05) is 17.6 Å². The Morgan fingerprint density at radius 3 is 2.57 bits per heavy atom. The van der Waals surface area contributed by atoms with E-state index in [1.165, 1.54) is 6.42 Å². The lowest BCUT2D eigenvalue weighted by Crippen LogP contribution is -2.47. The minimum Gasteiger partial charge on any atom is -0.354 e. The summed E-state index contributed by atoms with van der Waals surface area (Å²) >= 11 is 3.52. The van der Waals surface area contributed by atoms with Crippen molar-refractivity contribution in [3.05, 3.63) is 34.3 Å². The van der Waals surface area contributed by atoms with Gasteiger partial charge in [0.15, 0.2) is 0 Å². The Kier molecular flexibility index (Phi) is 7.71. The number of amides is 1. The molecule has 1 aromatic carbocycles. The van der Waals surface area contributed by atoms with Gasteiger partial charge in [-0.1, -0.05) is 47.3 Å². The maximum absolute atomic E-state index is 12.8. The molecule has 0 aromatic heterocycles. The van der Waals surface area contributed by atoms with Gasteiger partial charge in [0.05, 0.1) is 5.41 Å². The zero-order valence-corrected chi connectivity index (χ0v) is 14.9. The third kappa shape index (κ3) is 4.44. The number of benzene rings is 1. The zero-order valence-electron chi connectivity index (χ0n) is 12.5. The molecule has 0 radical (unpaired) electrons. The van der Waals surface area contributed by atoms with Gasteiger partial charge >= 0.3 is 0 Å². The van der Waals surface area contributed by atoms with Gasteiger partial charge in [0.1, 0.15) is 0 Å². The Hall–Kier alpha value is -0.580. The van der Waals surface area contributed by atoms with Crippen LogP contribution in [0.15, 0.2) is 28.7 Å². The number of rotatable bonds is 5. The second-order valence-corrected chi connectivity index (χ2v) is 6.43. The smallest absolute Gasteiger partial charge is 0.230 e. The summed E-state index contributed by atoms with van der Waals surface area (Å²) in [5.41, 5.74) is 0.809. The lowest BCUT2D eigenvalue weighted by Gasteiger charge is -2.36. The molecule has 2 N–H and O–H groups in total. The molecule has 1 aliphatic carbocycles. The predicted octanol–water partition coefficient (Wildman–Crippen LogP) is 3.41. The second-order valence-electron chi connectivity index (χ2n) is 5.51. The summed E-state index contributed by atoms with van der Waals surface area (Å²) in [4.78, 5) is 12.8. The van der Waals surface area contributed by atoms with E-state index in [2.05, 4.69) is 38.7 Å². The van der Waals surface area contributed by atoms with E-state index in [1.54, 1.807) is 0 Å². The highest BCUT2D eigenvalue weighted by Crippen LogP contribution is 2.40. The summed E-state index contributed by atoms with van der Waals surface area (Å²) in [6.07, 6.45) is 5.40. The van der Waals surface area contributed by atoms with Gasteiger partial charge in [-0.15, -0.1) is 12.4 Å². The van der Waals surface area contributed by atoms with Crippen LogP contribution in [0.5, 0.6) is 0 Å². The summed E-state index contributed by atoms with van der Waals surface area (Å²) in [5.74, 6) is 0.186. The van der Waals surface area contributed by atoms with Crippen LogP contribution < -0.4 is 10.6 Å². The zero-order chi connectivity index (χ0) is 14.4. The van der Waals surface area contributed by atoms with Crippen molar-refractivity contribution >= 4 is 34.2 Å². The molecule has 5 heteroatoms. The van der Waals surface area contributed by atoms with Gasteiger partial charge in [-0.05, 0) is 37.6 Å². The van der Waals surface area contributed by atoms with E-state index in [0.717, 1.165) is 42.3 Å². The highest BCUT2D eigenvalue weighted by molar-refractivity contribution is 9.10. The third-order valence-corrected chi connectivity index (χ3v) is 4.67. The van der Waals surface area contributed by atoms with Crippen LogP contribution >= 0.6 is 28.3 Å². The molecule has 1 aromatic rings. The molecule has 118 valence electrons. The second kappa shape index (κ2) is 8.76. The van der Waals surface area contributed by atoms with Crippen molar-refractivity contribution in [2.24, 2.45) is 0 Å². The number of halogens is 2. The van der Waals surface area contributed by atoms with Crippen molar-refractivity contribution in [3.63, 3.8) is 0 Å². The molecule has 3 nitrogen and oxygen atoms in total. The van der Waals surface area contributed by atoms with Crippen molar-refractivity contribution in [1.29, 1.82) is 0 Å². The lowest BCUT2D eigenvalue weighted by atomic mass is 9.68. The van der Waals surface area contributed by atoms with Gasteiger partial charge in [0.25, 0.3) is 0 Å². The van der Waals surface area contributed by atoms with Crippen molar-refractivity contribution in [2.75, 3.05) is 20.1 Å². The molecule has 0 heterocycles. The molecule has 1 saturated carbocycles. The average Bonchev–Trinajstić information content (AvgIpc) is 2.48. The van der Waals surface area contributed by atoms with Crippen molar-refractivity contribution in [3.8, 4) is 0 Å². The molecular weight excluding hydrogens is 352 g/mol. The molecule has 0 bridgehead atoms. The molecule has 0 saturated heterocycles. The van der Waals surface area contributed by atoms with Gasteiger partial charge in [-0.3, -0.25) is 4.79 Å². The summed E-state index contributed by atoms with van der Waals surface area (Å²) in [6, 6.07) is 8.23. The van der Waals surface area contributed by atoms with Crippen LogP contribution in [0.2, 0.25) is 0 Å². The maximum atomic E-state index is 12.8. The first-order valence-electron chi connectivity index (χ1n) is 7.38. The van der Waals surface area contributed by atoms with Crippen LogP contribution in [0.25, 0.3) is 0 Å². The molecule has 1 aliphatic rings. The standard InChI is InChI=1S/C16H23BrN2O.ClH/c1-18-10-11-19-15(20)16(8-3-2-4-9-16)13-6-5-7-14(17)12-13;/h5-7,12,18H,2-4,8-11H2,1H3,(H,19,20);1H. The van der Waals surface area contributed by atoms with Gasteiger partial charge < -0.3 is 10.6 Å². The minimum atomic E-state index is -0.338. The van der Waals surface area contributed by atoms with E-state index >= 15 is 0 Å². The minimum absolute atomic E-state index is 0. The quantitative estimate of drug-likeness (QED) is 0.774. The third-order valence-electron chi connectivity index (χ3n) is 4.18. The lowest BCUT2D eigenvalue weighted by molar-refractivity contribution is -0.128. The number of hydrogen-bond donors (Lipinski definition) is 2. The fraction of sp³-hybridized carbons (Fsp3) is 0.562. The average molecular weight is 376 g/mol. The highest BCUT2D eigenvalue weighted by Gasteiger charge is 2.40. The number of nitrogens with one attached hydrogen (secondary N) is 2. The Balaban J connectivity index is 0.00000220. The van der Waals surface area contributed by atoms with Crippen molar-refractivity contribution in [1.82, 2.24) is 10.6 Å². The Morgan fingerprint density at radius 1 is 1.24 bits per heavy atom. The van der Waals surface area contributed by atoms with E-state index < -0.39 is 0 Å². The molecule has 0 spiro atoms. The fourth-order valence-electron chi connectivity index (χ4n) is 3.06. The van der Waals surface area contributed by atoms with Gasteiger partial charge in [-0.25, -0.2) is 0 Å². The predicted molar refractivity (Wildman–Crippen MR) is 93.1 cm³/mol. The van der Waals surface area contributed by atoms with Crippen molar-refractivity contribution < 1.29 is 4.79 Å². The monoisotopic (exact) mass is 374 g/mol. The fourth-order valence-corrected chi connectivity index (χ4v) is 3.46. The Morgan fingerprint density at radius 2 is 1.95 bits per heavy atom. The molecule has 0 atom stereocenters. The van der Waals surface area contributed by atoms with Crippen LogP contribution in [0.4, 0.5) is 0 Å². The maximum Gasteiger partial charge on any atom is 0.230 e. The summed E-state index contributed by atoms with van der Waals surface area (Å²) < 4.78 is 1.04.